The van der Waals surface area contributed by atoms with Crippen molar-refractivity contribution < 1.29 is 39.3 Å². The van der Waals surface area contributed by atoms with Gasteiger partial charge in [0.25, 0.3) is 0 Å². The van der Waals surface area contributed by atoms with Gasteiger partial charge in [0.05, 0.1) is 23.8 Å². The van der Waals surface area contributed by atoms with Crippen molar-refractivity contribution >= 4 is 46.6 Å². The van der Waals surface area contributed by atoms with Crippen molar-refractivity contribution in [3.05, 3.63) is 11.8 Å². The minimum absolute atomic E-state index is 0. The molecule has 2 unspecified atom stereocenters. The van der Waals surface area contributed by atoms with E-state index in [-0.39, 0.29) is 40.5 Å². The van der Waals surface area contributed by atoms with E-state index in [0.29, 0.717) is 12.8 Å². The summed E-state index contributed by atoms with van der Waals surface area (Å²) < 4.78 is 0. The van der Waals surface area contributed by atoms with Gasteiger partial charge in [-0.25, -0.2) is 0 Å². The average molecular weight is 665 g/mol. The van der Waals surface area contributed by atoms with E-state index in [1.807, 2.05) is 0 Å². The smallest absolute Gasteiger partial charge is 0.876 e. The van der Waals surface area contributed by atoms with Crippen LogP contribution in [-0.4, -0.2) is 46.6 Å². The monoisotopic (exact) mass is 664 g/mol. The van der Waals surface area contributed by atoms with Gasteiger partial charge in [0, 0.05) is 0 Å². The van der Waals surface area contributed by atoms with E-state index in [4.69, 9.17) is 0 Å². The van der Waals surface area contributed by atoms with Crippen molar-refractivity contribution in [2.75, 3.05) is 0 Å². The number of unbranched alkanes of at least 4 members (excludes halogenated alkanes) is 18. The molecule has 0 amide bonds. The molecule has 0 saturated carbocycles. The second-order valence-corrected chi connectivity index (χ2v) is 12.3. The molecule has 0 N–H and O–H groups in total. The molecule has 0 aliphatic rings. The summed E-state index contributed by atoms with van der Waals surface area (Å²) in [5.41, 5.74) is 0. The first kappa shape index (κ1) is 50.9. The Labute approximate surface area is 291 Å². The van der Waals surface area contributed by atoms with Crippen LogP contribution in [0, 0.1) is 11.8 Å². The minimum atomic E-state index is -1.22. The molecule has 0 aliphatic carbocycles. The van der Waals surface area contributed by atoms with E-state index < -0.39 is 23.8 Å². The number of hydrogen-bond donors (Lipinski definition) is 0. The van der Waals surface area contributed by atoms with E-state index in [9.17, 15) is 39.3 Å². The Balaban J connectivity index is -0.000000312. The molecule has 0 heterocycles. The van der Waals surface area contributed by atoms with Gasteiger partial charge in [0.2, 0.25) is 0 Å². The predicted octanol–water partition coefficient (Wildman–Crippen LogP) is 5.96. The van der Waals surface area contributed by atoms with Crippen LogP contribution in [0.15, 0.2) is 11.8 Å². The van der Waals surface area contributed by atoms with Crippen molar-refractivity contribution in [3.8, 4) is 0 Å². The van der Waals surface area contributed by atoms with Gasteiger partial charge >= 0.3 is 17.4 Å². The Hall–Kier alpha value is -1.98. The molecule has 0 rings (SSSR count). The first-order valence-corrected chi connectivity index (χ1v) is 17.6. The zero-order valence-corrected chi connectivity index (χ0v) is 31.3. The van der Waals surface area contributed by atoms with Crippen molar-refractivity contribution in [2.45, 2.75) is 183 Å². The largest absolute Gasteiger partial charge is 3.00 e. The predicted molar refractivity (Wildman–Crippen MR) is 181 cm³/mol. The Morgan fingerprint density at radius 3 is 0.848 bits per heavy atom. The summed E-state index contributed by atoms with van der Waals surface area (Å²) in [6.07, 6.45) is 26.2. The van der Waals surface area contributed by atoms with Gasteiger partial charge in [-0.05, 0) is 39.7 Å². The van der Waals surface area contributed by atoms with E-state index in [0.717, 1.165) is 44.6 Å². The molecule has 9 heteroatoms. The zero-order chi connectivity index (χ0) is 34.9. The van der Waals surface area contributed by atoms with E-state index in [1.165, 1.54) is 118 Å². The first-order valence-electron chi connectivity index (χ1n) is 17.6. The van der Waals surface area contributed by atoms with Crippen LogP contribution in [0.5, 0.6) is 0 Å². The number of ketones is 3. The summed E-state index contributed by atoms with van der Waals surface area (Å²) in [6.45, 7) is 9.80. The number of carboxylic acid groups (broad SMARTS) is 2. The summed E-state index contributed by atoms with van der Waals surface area (Å²) in [6, 6.07) is 0. The van der Waals surface area contributed by atoms with E-state index in [2.05, 4.69) is 13.8 Å². The van der Waals surface area contributed by atoms with Crippen LogP contribution in [-0.2, 0) is 24.0 Å². The van der Waals surface area contributed by atoms with Crippen molar-refractivity contribution in [1.82, 2.24) is 0 Å². The second-order valence-electron chi connectivity index (χ2n) is 12.3. The van der Waals surface area contributed by atoms with Gasteiger partial charge < -0.3 is 24.9 Å². The molecule has 0 aromatic rings. The number of hydrogen-bond acceptors (Lipinski definition) is 8. The summed E-state index contributed by atoms with van der Waals surface area (Å²) in [7, 11) is 0. The fourth-order valence-electron chi connectivity index (χ4n) is 4.93. The molecule has 0 bridgehead atoms. The molecular weight excluding hydrogens is 599 g/mol. The third-order valence-electron chi connectivity index (χ3n) is 7.65. The SMILES string of the molecule is CC(=O)/C=C(/C)[O-].CCCCCCCCCCCCC(C(C)=O)C(=O)[O-].CCCCCCCCCCCCC(C(C)=O)C(=O)[O-].[Al+3]. The molecule has 264 valence electrons. The van der Waals surface area contributed by atoms with Gasteiger partial charge in [-0.15, -0.1) is 5.76 Å². The second kappa shape index (κ2) is 37.5. The molecule has 0 radical (unpaired) electrons. The Bertz CT molecular complexity index is 725. The molecular formula is C37H65AlO8. The minimum Gasteiger partial charge on any atom is -0.876 e. The normalized spacial score (nSPS) is 11.9. The van der Waals surface area contributed by atoms with Gasteiger partial charge in [0.1, 0.15) is 11.6 Å². The molecule has 2 atom stereocenters. The molecule has 0 aliphatic heterocycles. The zero-order valence-electron chi connectivity index (χ0n) is 30.1. The maximum absolute atomic E-state index is 11.1. The quantitative estimate of drug-likeness (QED) is 0.0342. The number of allylic oxidation sites excluding steroid dienone is 2. The standard InChI is InChI=1S/2C16H30O3.C5H8O2.Al/c2*1-3-4-5-6-7-8-9-10-11-12-13-15(14(2)17)16(18)19;1-4(6)3-5(2)7;/h2*15H,3-13H2,1-2H3,(H,18,19);3,6H,1-2H3;/q;;;+3/p-3/b;;4-3-;. The Morgan fingerprint density at radius 2 is 0.696 bits per heavy atom. The number of rotatable bonds is 27. The fourth-order valence-corrected chi connectivity index (χ4v) is 4.93. The summed E-state index contributed by atoms with van der Waals surface area (Å²) in [5, 5.41) is 31.4. The van der Waals surface area contributed by atoms with Crippen LogP contribution in [0.25, 0.3) is 0 Å². The van der Waals surface area contributed by atoms with Gasteiger partial charge in [-0.3, -0.25) is 14.4 Å². The maximum atomic E-state index is 11.1. The molecule has 0 aromatic heterocycles. The van der Waals surface area contributed by atoms with Crippen molar-refractivity contribution in [2.24, 2.45) is 11.8 Å². The fraction of sp³-hybridized carbons (Fsp3) is 0.811. The summed E-state index contributed by atoms with van der Waals surface area (Å²) in [4.78, 5) is 53.5. The maximum Gasteiger partial charge on any atom is 3.00 e. The molecule has 0 saturated heterocycles. The summed E-state index contributed by atoms with van der Waals surface area (Å²) >= 11 is 0. The van der Waals surface area contributed by atoms with Crippen LogP contribution in [0.1, 0.15) is 183 Å². The van der Waals surface area contributed by atoms with Crippen LogP contribution >= 0.6 is 0 Å². The average Bonchev–Trinajstić information content (AvgIpc) is 2.93. The Morgan fingerprint density at radius 1 is 0.457 bits per heavy atom. The van der Waals surface area contributed by atoms with Crippen LogP contribution in [0.3, 0.4) is 0 Å². The van der Waals surface area contributed by atoms with Gasteiger partial charge in [0.15, 0.2) is 5.78 Å². The number of carboxylic acids is 2. The van der Waals surface area contributed by atoms with Crippen LogP contribution in [0.4, 0.5) is 0 Å². The van der Waals surface area contributed by atoms with E-state index >= 15 is 0 Å². The third kappa shape index (κ3) is 40.0. The molecule has 46 heavy (non-hydrogen) atoms. The Kier molecular flexibility index (Phi) is 41.4. The van der Waals surface area contributed by atoms with Gasteiger partial charge in [-0.1, -0.05) is 149 Å². The molecule has 0 spiro atoms. The topological polar surface area (TPSA) is 155 Å². The molecule has 0 fully saturated rings. The molecule has 8 nitrogen and oxygen atoms in total. The number of carbonyl (C=O) groups is 5. The summed E-state index contributed by atoms with van der Waals surface area (Å²) in [5.74, 6) is -5.17. The van der Waals surface area contributed by atoms with Crippen molar-refractivity contribution in [3.63, 3.8) is 0 Å². The van der Waals surface area contributed by atoms with Crippen LogP contribution in [0.2, 0.25) is 0 Å². The van der Waals surface area contributed by atoms with Gasteiger partial charge in [-0.2, -0.15) is 0 Å². The third-order valence-corrected chi connectivity index (χ3v) is 7.65. The number of aliphatic carboxylic acids is 2. The number of carbonyl (C=O) groups excluding carboxylic acids is 5. The van der Waals surface area contributed by atoms with Crippen LogP contribution < -0.4 is 15.3 Å². The van der Waals surface area contributed by atoms with E-state index in [1.54, 1.807) is 0 Å². The first-order chi connectivity index (χ1) is 21.3. The number of Topliss-reactive ketones (excluding diaryl/α,β-unsaturated/α-hetero) is 2. The van der Waals surface area contributed by atoms with Crippen molar-refractivity contribution in [1.29, 1.82) is 0 Å². The molecule has 0 aromatic carbocycles.